The molecule has 0 bridgehead atoms. The van der Waals surface area contributed by atoms with Crippen molar-refractivity contribution in [2.45, 2.75) is 13.8 Å². The van der Waals surface area contributed by atoms with Crippen LogP contribution in [0.1, 0.15) is 13.8 Å². The van der Waals surface area contributed by atoms with Crippen LogP contribution in [0.4, 0.5) is 0 Å². The highest BCUT2D eigenvalue weighted by Gasteiger charge is 1.80. The maximum Gasteiger partial charge on any atom is 0.0683 e. The van der Waals surface area contributed by atoms with Gasteiger partial charge in [-0.2, -0.15) is 0 Å². The van der Waals surface area contributed by atoms with Crippen LogP contribution in [0.15, 0.2) is 16.5 Å². The minimum absolute atomic E-state index is 1.10. The molecule has 0 fully saturated rings. The molecule has 0 radical (unpaired) electrons. The molecule has 0 aliphatic rings. The third-order valence-corrected chi connectivity index (χ3v) is 1.62. The fraction of sp³-hybridized carbons (Fsp3) is 0.500. The Bertz CT molecular complexity index is 105. The highest BCUT2D eigenvalue weighted by Crippen LogP contribution is 2.03. The quantitative estimate of drug-likeness (QED) is 0.391. The lowest BCUT2D eigenvalue weighted by molar-refractivity contribution is 1.45. The van der Waals surface area contributed by atoms with Crippen molar-refractivity contribution in [2.75, 3.05) is 7.05 Å². The minimum atomic E-state index is 1.10. The first-order valence-electron chi connectivity index (χ1n) is 2.52. The van der Waals surface area contributed by atoms with Crippen molar-refractivity contribution in [3.8, 4) is 0 Å². The highest BCUT2D eigenvalue weighted by atomic mass is 32.2. The normalized spacial score (nSPS) is 13.1. The molecular formula is C6H11NS. The van der Waals surface area contributed by atoms with E-state index in [2.05, 4.69) is 4.99 Å². The molecule has 0 saturated heterocycles. The van der Waals surface area contributed by atoms with Crippen LogP contribution >= 0.6 is 11.8 Å². The third kappa shape index (κ3) is 3.93. The predicted molar refractivity (Wildman–Crippen MR) is 41.4 cm³/mol. The Labute approximate surface area is 54.9 Å². The number of allylic oxidation sites excluding steroid dienone is 1. The smallest absolute Gasteiger partial charge is 0.0683 e. The summed E-state index contributed by atoms with van der Waals surface area (Å²) >= 11 is 1.65. The summed E-state index contributed by atoms with van der Waals surface area (Å²) in [5.41, 5.74) is 0. The van der Waals surface area contributed by atoms with Crippen LogP contribution in [0, 0.1) is 0 Å². The van der Waals surface area contributed by atoms with Crippen molar-refractivity contribution >= 4 is 16.8 Å². The predicted octanol–water partition coefficient (Wildman–Crippen LogP) is 2.30. The van der Waals surface area contributed by atoms with E-state index in [0.29, 0.717) is 0 Å². The van der Waals surface area contributed by atoms with Gasteiger partial charge < -0.3 is 0 Å². The zero-order valence-electron chi connectivity index (χ0n) is 5.51. The molecule has 1 nitrogen and oxygen atoms in total. The van der Waals surface area contributed by atoms with Crippen molar-refractivity contribution in [3.63, 3.8) is 0 Å². The molecule has 0 aromatic carbocycles. The van der Waals surface area contributed by atoms with Crippen molar-refractivity contribution in [1.29, 1.82) is 0 Å². The fourth-order valence-corrected chi connectivity index (χ4v) is 0.658. The van der Waals surface area contributed by atoms with Crippen LogP contribution in [0.3, 0.4) is 0 Å². The van der Waals surface area contributed by atoms with Gasteiger partial charge in [0.05, 0.1) is 5.04 Å². The first-order chi connectivity index (χ1) is 3.81. The van der Waals surface area contributed by atoms with Crippen molar-refractivity contribution in [2.24, 2.45) is 4.99 Å². The molecule has 0 N–H and O–H groups in total. The van der Waals surface area contributed by atoms with Crippen LogP contribution in [0.5, 0.6) is 0 Å². The number of hydrogen-bond acceptors (Lipinski definition) is 2. The molecular weight excluding hydrogens is 118 g/mol. The molecule has 8 heavy (non-hydrogen) atoms. The summed E-state index contributed by atoms with van der Waals surface area (Å²) in [6, 6.07) is 0. The van der Waals surface area contributed by atoms with Crippen LogP contribution < -0.4 is 0 Å². The number of rotatable bonds is 1. The lowest BCUT2D eigenvalue weighted by atomic mass is 10.8. The topological polar surface area (TPSA) is 12.4 Å². The Kier molecular flexibility index (Phi) is 4.76. The van der Waals surface area contributed by atoms with E-state index in [0.717, 1.165) is 5.04 Å². The maximum absolute atomic E-state index is 3.95. The van der Waals surface area contributed by atoms with Gasteiger partial charge in [0.25, 0.3) is 0 Å². The Hall–Kier alpha value is -0.240. The first-order valence-corrected chi connectivity index (χ1v) is 3.40. The molecule has 0 atom stereocenters. The molecule has 0 amide bonds. The van der Waals surface area contributed by atoms with E-state index in [4.69, 9.17) is 0 Å². The molecule has 0 aromatic rings. The number of hydrogen-bond donors (Lipinski definition) is 0. The molecule has 0 heterocycles. The number of thioether (sulfide) groups is 1. The van der Waals surface area contributed by atoms with Crippen LogP contribution in [-0.4, -0.2) is 12.1 Å². The summed E-state index contributed by atoms with van der Waals surface area (Å²) in [6.07, 6.45) is 2.00. The van der Waals surface area contributed by atoms with Crippen molar-refractivity contribution in [1.82, 2.24) is 0 Å². The molecule has 0 aliphatic carbocycles. The van der Waals surface area contributed by atoms with Gasteiger partial charge in [0.1, 0.15) is 0 Å². The lowest BCUT2D eigenvalue weighted by Gasteiger charge is -1.87. The third-order valence-electron chi connectivity index (χ3n) is 0.690. The van der Waals surface area contributed by atoms with Gasteiger partial charge >= 0.3 is 0 Å². The van der Waals surface area contributed by atoms with Gasteiger partial charge in [-0.15, -0.1) is 0 Å². The van der Waals surface area contributed by atoms with Gasteiger partial charge in [-0.1, -0.05) is 17.8 Å². The Morgan fingerprint density at radius 2 is 2.25 bits per heavy atom. The Morgan fingerprint density at radius 1 is 1.62 bits per heavy atom. The highest BCUT2D eigenvalue weighted by molar-refractivity contribution is 8.16. The van der Waals surface area contributed by atoms with Gasteiger partial charge in [0.15, 0.2) is 0 Å². The average Bonchev–Trinajstić information content (AvgIpc) is 1.83. The van der Waals surface area contributed by atoms with E-state index in [1.54, 1.807) is 18.8 Å². The second-order valence-electron chi connectivity index (χ2n) is 1.33. The summed E-state index contributed by atoms with van der Waals surface area (Å²) in [4.78, 5) is 3.95. The van der Waals surface area contributed by atoms with Gasteiger partial charge in [0, 0.05) is 7.05 Å². The molecule has 2 heteroatoms. The molecule has 0 saturated carbocycles. The van der Waals surface area contributed by atoms with Crippen LogP contribution in [0.25, 0.3) is 0 Å². The number of aliphatic imine (C=N–C) groups is 1. The zero-order chi connectivity index (χ0) is 6.41. The average molecular weight is 129 g/mol. The molecule has 46 valence electrons. The second-order valence-corrected chi connectivity index (χ2v) is 2.43. The lowest BCUT2D eigenvalue weighted by Crippen LogP contribution is -1.76. The molecule has 0 aliphatic heterocycles. The largest absolute Gasteiger partial charge is 0.286 e. The van der Waals surface area contributed by atoms with E-state index in [-0.39, 0.29) is 0 Å². The summed E-state index contributed by atoms with van der Waals surface area (Å²) in [5.74, 6) is 0. The van der Waals surface area contributed by atoms with Gasteiger partial charge in [0.2, 0.25) is 0 Å². The standard InChI is InChI=1S/C6H11NS/c1-4-5-8-6(2)7-3/h4-5H,1-3H3/b5-4+,7-6?. The van der Waals surface area contributed by atoms with E-state index >= 15 is 0 Å². The summed E-state index contributed by atoms with van der Waals surface area (Å²) in [5, 5.41) is 3.12. The van der Waals surface area contributed by atoms with Crippen molar-refractivity contribution < 1.29 is 0 Å². The summed E-state index contributed by atoms with van der Waals surface area (Å²) < 4.78 is 0. The number of nitrogens with zero attached hydrogens (tertiary/aromatic N) is 1. The first kappa shape index (κ1) is 7.76. The molecule has 0 aromatic heterocycles. The van der Waals surface area contributed by atoms with Gasteiger partial charge in [-0.05, 0) is 19.3 Å². The van der Waals surface area contributed by atoms with E-state index in [1.807, 2.05) is 25.3 Å². The van der Waals surface area contributed by atoms with Gasteiger partial charge in [-0.3, -0.25) is 4.99 Å². The minimum Gasteiger partial charge on any atom is -0.286 e. The second kappa shape index (κ2) is 4.91. The Morgan fingerprint density at radius 3 is 2.62 bits per heavy atom. The monoisotopic (exact) mass is 129 g/mol. The summed E-state index contributed by atoms with van der Waals surface area (Å²) in [6.45, 7) is 3.99. The summed E-state index contributed by atoms with van der Waals surface area (Å²) in [7, 11) is 1.80. The molecule has 0 spiro atoms. The molecule has 0 rings (SSSR count). The van der Waals surface area contributed by atoms with Crippen molar-refractivity contribution in [3.05, 3.63) is 11.5 Å². The van der Waals surface area contributed by atoms with E-state index < -0.39 is 0 Å². The zero-order valence-corrected chi connectivity index (χ0v) is 6.33. The van der Waals surface area contributed by atoms with Gasteiger partial charge in [-0.25, -0.2) is 0 Å². The van der Waals surface area contributed by atoms with E-state index in [1.165, 1.54) is 0 Å². The maximum atomic E-state index is 3.95. The van der Waals surface area contributed by atoms with Crippen LogP contribution in [-0.2, 0) is 0 Å². The fourth-order valence-electron chi connectivity index (χ4n) is 0.219. The Balaban J connectivity index is 3.40. The van der Waals surface area contributed by atoms with E-state index in [9.17, 15) is 0 Å². The SMILES string of the molecule is C/C=C/SC(C)=NC. The van der Waals surface area contributed by atoms with Crippen LogP contribution in [0.2, 0.25) is 0 Å². The molecule has 0 unspecified atom stereocenters.